The smallest absolute Gasteiger partial charge is 0.00391 e. The van der Waals surface area contributed by atoms with E-state index in [1.54, 1.807) is 0 Å². The van der Waals surface area contributed by atoms with Crippen LogP contribution in [0.15, 0.2) is 0 Å². The Kier molecular flexibility index (Phi) is 7.87. The van der Waals surface area contributed by atoms with Crippen LogP contribution in [0.25, 0.3) is 0 Å². The van der Waals surface area contributed by atoms with Crippen LogP contribution in [0.2, 0.25) is 0 Å². The molecule has 102 valence electrons. The highest BCUT2D eigenvalue weighted by Crippen LogP contribution is 2.29. The van der Waals surface area contributed by atoms with E-state index in [-0.39, 0.29) is 0 Å². The first-order valence-corrected chi connectivity index (χ1v) is 7.72. The molecule has 0 heterocycles. The molecule has 2 nitrogen and oxygen atoms in total. The second-order valence-corrected chi connectivity index (χ2v) is 5.74. The highest BCUT2D eigenvalue weighted by atomic mass is 15.1. The molecule has 0 amide bonds. The summed E-state index contributed by atoms with van der Waals surface area (Å²) in [5.41, 5.74) is 0. The SMILES string of the molecule is CCCNC(C)CCCN(CCC)CC1CC1. The molecule has 1 fully saturated rings. The molecular formula is C15H32N2. The summed E-state index contributed by atoms with van der Waals surface area (Å²) in [4.78, 5) is 2.68. The van der Waals surface area contributed by atoms with Gasteiger partial charge in [-0.05, 0) is 71.0 Å². The number of rotatable bonds is 11. The van der Waals surface area contributed by atoms with Crippen molar-refractivity contribution in [3.63, 3.8) is 0 Å². The molecule has 0 radical (unpaired) electrons. The van der Waals surface area contributed by atoms with Crippen molar-refractivity contribution in [1.82, 2.24) is 10.2 Å². The van der Waals surface area contributed by atoms with E-state index in [9.17, 15) is 0 Å². The predicted molar refractivity (Wildman–Crippen MR) is 76.4 cm³/mol. The Labute approximate surface area is 108 Å². The maximum absolute atomic E-state index is 3.57. The van der Waals surface area contributed by atoms with Gasteiger partial charge >= 0.3 is 0 Å². The van der Waals surface area contributed by atoms with Crippen LogP contribution in [-0.4, -0.2) is 37.1 Å². The van der Waals surface area contributed by atoms with Crippen LogP contribution in [0.5, 0.6) is 0 Å². The third kappa shape index (κ3) is 7.77. The Morgan fingerprint density at radius 3 is 2.53 bits per heavy atom. The lowest BCUT2D eigenvalue weighted by molar-refractivity contribution is 0.254. The average Bonchev–Trinajstić information content (AvgIpc) is 3.10. The zero-order valence-electron chi connectivity index (χ0n) is 12.2. The van der Waals surface area contributed by atoms with Crippen molar-refractivity contribution in [1.29, 1.82) is 0 Å². The summed E-state index contributed by atoms with van der Waals surface area (Å²) >= 11 is 0. The molecule has 2 heteroatoms. The molecule has 0 saturated heterocycles. The van der Waals surface area contributed by atoms with Crippen LogP contribution in [-0.2, 0) is 0 Å². The van der Waals surface area contributed by atoms with Gasteiger partial charge in [-0.1, -0.05) is 13.8 Å². The molecule has 0 aromatic carbocycles. The molecule has 1 atom stereocenters. The van der Waals surface area contributed by atoms with Gasteiger partial charge in [-0.15, -0.1) is 0 Å². The maximum atomic E-state index is 3.57. The van der Waals surface area contributed by atoms with Gasteiger partial charge in [0.15, 0.2) is 0 Å². The Hall–Kier alpha value is -0.0800. The molecule has 0 bridgehead atoms. The molecule has 1 N–H and O–H groups in total. The van der Waals surface area contributed by atoms with Gasteiger partial charge in [0.1, 0.15) is 0 Å². The number of hydrogen-bond donors (Lipinski definition) is 1. The van der Waals surface area contributed by atoms with Gasteiger partial charge < -0.3 is 10.2 Å². The fourth-order valence-electron chi connectivity index (χ4n) is 2.39. The minimum Gasteiger partial charge on any atom is -0.314 e. The van der Waals surface area contributed by atoms with E-state index in [4.69, 9.17) is 0 Å². The number of nitrogens with one attached hydrogen (secondary N) is 1. The first-order chi connectivity index (χ1) is 8.26. The van der Waals surface area contributed by atoms with E-state index in [1.807, 2.05) is 0 Å². The summed E-state index contributed by atoms with van der Waals surface area (Å²) in [5, 5.41) is 3.57. The third-order valence-corrected chi connectivity index (χ3v) is 3.61. The molecular weight excluding hydrogens is 208 g/mol. The van der Waals surface area contributed by atoms with E-state index in [2.05, 4.69) is 31.0 Å². The first-order valence-electron chi connectivity index (χ1n) is 7.72. The molecule has 0 spiro atoms. The van der Waals surface area contributed by atoms with Gasteiger partial charge in [-0.2, -0.15) is 0 Å². The molecule has 1 saturated carbocycles. The van der Waals surface area contributed by atoms with Crippen molar-refractivity contribution in [2.75, 3.05) is 26.2 Å². The van der Waals surface area contributed by atoms with Crippen molar-refractivity contribution in [3.05, 3.63) is 0 Å². The van der Waals surface area contributed by atoms with Crippen molar-refractivity contribution in [3.8, 4) is 0 Å². The fourth-order valence-corrected chi connectivity index (χ4v) is 2.39. The van der Waals surface area contributed by atoms with E-state index >= 15 is 0 Å². The molecule has 0 aromatic rings. The molecule has 0 aromatic heterocycles. The van der Waals surface area contributed by atoms with Crippen molar-refractivity contribution >= 4 is 0 Å². The fraction of sp³-hybridized carbons (Fsp3) is 1.00. The predicted octanol–water partition coefficient (Wildman–Crippen LogP) is 3.28. The quantitative estimate of drug-likeness (QED) is 0.596. The molecule has 1 aliphatic carbocycles. The van der Waals surface area contributed by atoms with E-state index < -0.39 is 0 Å². The number of hydrogen-bond acceptors (Lipinski definition) is 2. The molecule has 1 rings (SSSR count). The zero-order chi connectivity index (χ0) is 12.5. The topological polar surface area (TPSA) is 15.3 Å². The van der Waals surface area contributed by atoms with Crippen LogP contribution in [0.3, 0.4) is 0 Å². The first kappa shape index (κ1) is 15.0. The van der Waals surface area contributed by atoms with Gasteiger partial charge in [0.2, 0.25) is 0 Å². The van der Waals surface area contributed by atoms with Gasteiger partial charge in [0.05, 0.1) is 0 Å². The van der Waals surface area contributed by atoms with Gasteiger partial charge in [0.25, 0.3) is 0 Å². The summed E-state index contributed by atoms with van der Waals surface area (Å²) in [6.07, 6.45) is 8.18. The largest absolute Gasteiger partial charge is 0.314 e. The second-order valence-electron chi connectivity index (χ2n) is 5.74. The van der Waals surface area contributed by atoms with Crippen LogP contribution < -0.4 is 5.32 Å². The molecule has 1 unspecified atom stereocenters. The zero-order valence-corrected chi connectivity index (χ0v) is 12.2. The molecule has 17 heavy (non-hydrogen) atoms. The minimum absolute atomic E-state index is 0.694. The van der Waals surface area contributed by atoms with E-state index in [0.717, 1.165) is 5.92 Å². The van der Waals surface area contributed by atoms with Crippen molar-refractivity contribution in [2.45, 2.75) is 65.3 Å². The molecule has 1 aliphatic rings. The van der Waals surface area contributed by atoms with Gasteiger partial charge in [-0.3, -0.25) is 0 Å². The van der Waals surface area contributed by atoms with Gasteiger partial charge in [0, 0.05) is 12.6 Å². The molecule has 0 aliphatic heterocycles. The lowest BCUT2D eigenvalue weighted by Gasteiger charge is -2.22. The van der Waals surface area contributed by atoms with E-state index in [0.29, 0.717) is 6.04 Å². The van der Waals surface area contributed by atoms with Crippen LogP contribution >= 0.6 is 0 Å². The third-order valence-electron chi connectivity index (χ3n) is 3.61. The van der Waals surface area contributed by atoms with Crippen LogP contribution in [0.4, 0.5) is 0 Å². The summed E-state index contributed by atoms with van der Waals surface area (Å²) in [7, 11) is 0. The summed E-state index contributed by atoms with van der Waals surface area (Å²) in [6.45, 7) is 12.0. The summed E-state index contributed by atoms with van der Waals surface area (Å²) < 4.78 is 0. The van der Waals surface area contributed by atoms with Crippen molar-refractivity contribution in [2.24, 2.45) is 5.92 Å². The normalized spacial score (nSPS) is 17.6. The average molecular weight is 240 g/mol. The Bertz CT molecular complexity index is 178. The highest BCUT2D eigenvalue weighted by molar-refractivity contribution is 4.77. The van der Waals surface area contributed by atoms with Gasteiger partial charge in [-0.25, -0.2) is 0 Å². The Morgan fingerprint density at radius 1 is 1.18 bits per heavy atom. The summed E-state index contributed by atoms with van der Waals surface area (Å²) in [5.74, 6) is 1.04. The Balaban J connectivity index is 2.03. The monoisotopic (exact) mass is 240 g/mol. The Morgan fingerprint density at radius 2 is 1.94 bits per heavy atom. The minimum atomic E-state index is 0.694. The standard InChI is InChI=1S/C15H32N2/c1-4-10-16-14(3)7-6-12-17(11-5-2)13-15-8-9-15/h14-16H,4-13H2,1-3H3. The summed E-state index contributed by atoms with van der Waals surface area (Å²) in [6, 6.07) is 0.694. The maximum Gasteiger partial charge on any atom is 0.00391 e. The highest BCUT2D eigenvalue weighted by Gasteiger charge is 2.23. The lowest BCUT2D eigenvalue weighted by atomic mass is 10.1. The number of nitrogens with zero attached hydrogens (tertiary/aromatic N) is 1. The van der Waals surface area contributed by atoms with Crippen LogP contribution in [0.1, 0.15) is 59.3 Å². The van der Waals surface area contributed by atoms with Crippen LogP contribution in [0, 0.1) is 5.92 Å². The van der Waals surface area contributed by atoms with E-state index in [1.165, 1.54) is 64.7 Å². The second kappa shape index (κ2) is 8.93. The van der Waals surface area contributed by atoms with Crippen molar-refractivity contribution < 1.29 is 0 Å². The lowest BCUT2D eigenvalue weighted by Crippen LogP contribution is -2.31.